The third-order valence-corrected chi connectivity index (χ3v) is 4.81. The zero-order valence-electron chi connectivity index (χ0n) is 13.0. The van der Waals surface area contributed by atoms with Crippen molar-refractivity contribution in [1.82, 2.24) is 5.32 Å². The van der Waals surface area contributed by atoms with Crippen LogP contribution in [0.3, 0.4) is 0 Å². The van der Waals surface area contributed by atoms with Gasteiger partial charge in [-0.1, -0.05) is 55.8 Å². The Morgan fingerprint density at radius 3 is 2.52 bits per heavy atom. The van der Waals surface area contributed by atoms with Gasteiger partial charge in [0.1, 0.15) is 0 Å². The van der Waals surface area contributed by atoms with E-state index in [2.05, 4.69) is 49.5 Å². The fourth-order valence-electron chi connectivity index (χ4n) is 2.81. The maximum absolute atomic E-state index is 6.30. The number of benzene rings is 2. The Bertz CT molecular complexity index is 628. The lowest BCUT2D eigenvalue weighted by molar-refractivity contribution is 0.314. The van der Waals surface area contributed by atoms with Gasteiger partial charge >= 0.3 is 0 Å². The lowest BCUT2D eigenvalue weighted by Gasteiger charge is -2.25. The van der Waals surface area contributed by atoms with Crippen LogP contribution in [0.2, 0.25) is 5.02 Å². The predicted molar refractivity (Wildman–Crippen MR) is 92.1 cm³/mol. The van der Waals surface area contributed by atoms with Crippen molar-refractivity contribution in [2.45, 2.75) is 45.6 Å². The van der Waals surface area contributed by atoms with Crippen molar-refractivity contribution in [2.75, 3.05) is 6.54 Å². The molecule has 112 valence electrons. The van der Waals surface area contributed by atoms with Crippen LogP contribution >= 0.6 is 11.6 Å². The number of fused-ring (bicyclic) bond motifs is 1. The highest BCUT2D eigenvalue weighted by atomic mass is 35.5. The molecule has 1 aliphatic carbocycles. The van der Waals surface area contributed by atoms with Gasteiger partial charge in [-0.05, 0) is 48.1 Å². The number of halogens is 1. The minimum atomic E-state index is 0.337. The van der Waals surface area contributed by atoms with E-state index >= 15 is 0 Å². The van der Waals surface area contributed by atoms with Gasteiger partial charge in [0.15, 0.2) is 0 Å². The van der Waals surface area contributed by atoms with Crippen molar-refractivity contribution in [3.8, 4) is 0 Å². The molecule has 0 aromatic heterocycles. The Morgan fingerprint density at radius 2 is 1.81 bits per heavy atom. The molecule has 0 heterocycles. The molecule has 21 heavy (non-hydrogen) atoms. The quantitative estimate of drug-likeness (QED) is 0.773. The normalized spacial score (nSPS) is 15.6. The highest BCUT2D eigenvalue weighted by molar-refractivity contribution is 6.35. The summed E-state index contributed by atoms with van der Waals surface area (Å²) >= 11 is 6.30. The number of hydrogen-bond acceptors (Lipinski definition) is 1. The molecule has 1 N–H and O–H groups in total. The summed E-state index contributed by atoms with van der Waals surface area (Å²) in [6.45, 7) is 5.84. The highest BCUT2D eigenvalue weighted by Gasteiger charge is 2.25. The van der Waals surface area contributed by atoms with Crippen molar-refractivity contribution in [3.63, 3.8) is 0 Å². The molecule has 0 saturated heterocycles. The van der Waals surface area contributed by atoms with Gasteiger partial charge in [-0.2, -0.15) is 0 Å². The number of aryl methyl sites for hydroxylation is 1. The molecule has 3 rings (SSSR count). The van der Waals surface area contributed by atoms with Gasteiger partial charge < -0.3 is 5.32 Å². The maximum Gasteiger partial charge on any atom is 0.0484 e. The summed E-state index contributed by atoms with van der Waals surface area (Å²) in [6.07, 6.45) is 5.02. The van der Waals surface area contributed by atoms with Crippen LogP contribution in [0.25, 0.3) is 10.8 Å². The second-order valence-electron chi connectivity index (χ2n) is 7.07. The van der Waals surface area contributed by atoms with Crippen molar-refractivity contribution < 1.29 is 0 Å². The minimum Gasteiger partial charge on any atom is -0.313 e. The second kappa shape index (κ2) is 5.98. The van der Waals surface area contributed by atoms with Crippen LogP contribution in [-0.2, 0) is 6.42 Å². The van der Waals surface area contributed by atoms with Gasteiger partial charge in [-0.3, -0.25) is 0 Å². The Morgan fingerprint density at radius 1 is 1.10 bits per heavy atom. The van der Waals surface area contributed by atoms with Crippen molar-refractivity contribution in [3.05, 3.63) is 47.0 Å². The van der Waals surface area contributed by atoms with E-state index in [0.29, 0.717) is 5.41 Å². The van der Waals surface area contributed by atoms with E-state index in [1.54, 1.807) is 0 Å². The van der Waals surface area contributed by atoms with E-state index in [4.69, 9.17) is 11.6 Å². The van der Waals surface area contributed by atoms with Crippen LogP contribution < -0.4 is 5.32 Å². The Kier molecular flexibility index (Phi) is 4.24. The van der Waals surface area contributed by atoms with E-state index in [1.165, 1.54) is 35.6 Å². The fraction of sp³-hybridized carbons (Fsp3) is 0.474. The first-order valence-corrected chi connectivity index (χ1v) is 8.32. The zero-order valence-corrected chi connectivity index (χ0v) is 13.7. The molecule has 1 aliphatic rings. The van der Waals surface area contributed by atoms with Gasteiger partial charge in [0, 0.05) is 23.0 Å². The predicted octanol–water partition coefficient (Wildman–Crippen LogP) is 5.20. The molecule has 0 aliphatic heterocycles. The average Bonchev–Trinajstić information content (AvgIpc) is 3.29. The monoisotopic (exact) mass is 301 g/mol. The van der Waals surface area contributed by atoms with Crippen molar-refractivity contribution >= 4 is 22.4 Å². The fourth-order valence-corrected chi connectivity index (χ4v) is 3.04. The molecular formula is C19H24ClN. The largest absolute Gasteiger partial charge is 0.313 e. The molecule has 0 spiro atoms. The number of rotatable bonds is 6. The van der Waals surface area contributed by atoms with Crippen LogP contribution in [0.4, 0.5) is 0 Å². The summed E-state index contributed by atoms with van der Waals surface area (Å²) in [4.78, 5) is 0. The molecule has 2 aromatic rings. The first kappa shape index (κ1) is 14.9. The van der Waals surface area contributed by atoms with Crippen molar-refractivity contribution in [1.29, 1.82) is 0 Å². The lowest BCUT2D eigenvalue weighted by Crippen LogP contribution is -2.31. The summed E-state index contributed by atoms with van der Waals surface area (Å²) in [5, 5.41) is 6.98. The highest BCUT2D eigenvalue weighted by Crippen LogP contribution is 2.30. The van der Waals surface area contributed by atoms with E-state index in [1.807, 2.05) is 6.07 Å². The summed E-state index contributed by atoms with van der Waals surface area (Å²) in [5.41, 5.74) is 1.75. The van der Waals surface area contributed by atoms with E-state index in [9.17, 15) is 0 Å². The van der Waals surface area contributed by atoms with Gasteiger partial charge in [0.25, 0.3) is 0 Å². The minimum absolute atomic E-state index is 0.337. The average molecular weight is 302 g/mol. The smallest absolute Gasteiger partial charge is 0.0484 e. The molecule has 0 unspecified atom stereocenters. The maximum atomic E-state index is 6.30. The van der Waals surface area contributed by atoms with Crippen LogP contribution in [-0.4, -0.2) is 12.6 Å². The third kappa shape index (κ3) is 3.78. The molecular weight excluding hydrogens is 278 g/mol. The van der Waals surface area contributed by atoms with Crippen LogP contribution in [0, 0.1) is 5.41 Å². The zero-order chi connectivity index (χ0) is 14.9. The number of nitrogens with one attached hydrogen (secondary N) is 1. The van der Waals surface area contributed by atoms with Gasteiger partial charge in [0.2, 0.25) is 0 Å². The molecule has 0 amide bonds. The summed E-state index contributed by atoms with van der Waals surface area (Å²) in [5.74, 6) is 0. The van der Waals surface area contributed by atoms with E-state index < -0.39 is 0 Å². The molecule has 0 atom stereocenters. The van der Waals surface area contributed by atoms with E-state index in [0.717, 1.165) is 24.0 Å². The first-order valence-electron chi connectivity index (χ1n) is 7.95. The standard InChI is InChI=1S/C19H24ClN/c1-19(2,13-21-15-8-9-15)12-11-14-7-10-18(20)17-6-4-3-5-16(14)17/h3-7,10,15,21H,8-9,11-13H2,1-2H3. The Hall–Kier alpha value is -1.05. The van der Waals surface area contributed by atoms with E-state index in [-0.39, 0.29) is 0 Å². The van der Waals surface area contributed by atoms with Crippen LogP contribution in [0.1, 0.15) is 38.7 Å². The van der Waals surface area contributed by atoms with Gasteiger partial charge in [-0.15, -0.1) is 0 Å². The molecule has 0 bridgehead atoms. The molecule has 2 heteroatoms. The topological polar surface area (TPSA) is 12.0 Å². The Labute approximate surface area is 132 Å². The third-order valence-electron chi connectivity index (χ3n) is 4.48. The lowest BCUT2D eigenvalue weighted by atomic mass is 9.85. The van der Waals surface area contributed by atoms with Gasteiger partial charge in [0.05, 0.1) is 0 Å². The van der Waals surface area contributed by atoms with Crippen molar-refractivity contribution in [2.24, 2.45) is 5.41 Å². The van der Waals surface area contributed by atoms with Crippen LogP contribution in [0.5, 0.6) is 0 Å². The molecule has 1 saturated carbocycles. The molecule has 0 radical (unpaired) electrons. The molecule has 2 aromatic carbocycles. The summed E-state index contributed by atoms with van der Waals surface area (Å²) < 4.78 is 0. The van der Waals surface area contributed by atoms with Gasteiger partial charge in [-0.25, -0.2) is 0 Å². The second-order valence-corrected chi connectivity index (χ2v) is 7.48. The Balaban J connectivity index is 1.71. The first-order chi connectivity index (χ1) is 10.1. The SMILES string of the molecule is CC(C)(CCc1ccc(Cl)c2ccccc12)CNC1CC1. The summed E-state index contributed by atoms with van der Waals surface area (Å²) in [7, 11) is 0. The number of hydrogen-bond donors (Lipinski definition) is 1. The van der Waals surface area contributed by atoms with Crippen LogP contribution in [0.15, 0.2) is 36.4 Å². The molecule has 1 nitrogen and oxygen atoms in total. The summed E-state index contributed by atoms with van der Waals surface area (Å²) in [6, 6.07) is 13.5. The molecule has 1 fully saturated rings.